The summed E-state index contributed by atoms with van der Waals surface area (Å²) in [6.07, 6.45) is 6.92. The van der Waals surface area contributed by atoms with Gasteiger partial charge in [0.1, 0.15) is 36.6 Å². The van der Waals surface area contributed by atoms with E-state index in [1.54, 1.807) is 19.1 Å². The third-order valence-corrected chi connectivity index (χ3v) is 9.26. The van der Waals surface area contributed by atoms with Gasteiger partial charge in [-0.1, -0.05) is 42.4 Å². The zero-order chi connectivity index (χ0) is 27.3. The van der Waals surface area contributed by atoms with Crippen molar-refractivity contribution in [3.63, 3.8) is 0 Å². The zero-order valence-corrected chi connectivity index (χ0v) is 22.4. The molecule has 3 heterocycles. The van der Waals surface area contributed by atoms with Gasteiger partial charge in [-0.05, 0) is 40.0 Å². The van der Waals surface area contributed by atoms with Crippen molar-refractivity contribution in [2.75, 3.05) is 19.8 Å². The van der Waals surface area contributed by atoms with Crippen LogP contribution in [0.15, 0.2) is 47.6 Å². The van der Waals surface area contributed by atoms with E-state index in [1.807, 2.05) is 26.8 Å². The van der Waals surface area contributed by atoms with E-state index in [0.29, 0.717) is 26.1 Å². The minimum Gasteiger partial charge on any atom is -0.462 e. The second kappa shape index (κ2) is 10.0. The average molecular weight is 531 g/mol. The number of ether oxygens (including phenoxy) is 5. The van der Waals surface area contributed by atoms with E-state index in [2.05, 4.69) is 0 Å². The van der Waals surface area contributed by atoms with Gasteiger partial charge in [-0.25, -0.2) is 9.59 Å². The fourth-order valence-electron chi connectivity index (χ4n) is 6.89. The fourth-order valence-corrected chi connectivity index (χ4v) is 6.89. The number of allylic oxidation sites excluding steroid dienone is 3. The van der Waals surface area contributed by atoms with Gasteiger partial charge in [-0.3, -0.25) is 0 Å². The smallest absolute Gasteiger partial charge is 0.331 e. The van der Waals surface area contributed by atoms with Crippen LogP contribution in [0.25, 0.3) is 0 Å². The van der Waals surface area contributed by atoms with Crippen LogP contribution in [-0.2, 0) is 33.3 Å². The summed E-state index contributed by atoms with van der Waals surface area (Å²) in [5.41, 5.74) is -0.543. The number of carbonyl (C=O) groups is 2. The Kier molecular flexibility index (Phi) is 7.19. The largest absolute Gasteiger partial charge is 0.462 e. The van der Waals surface area contributed by atoms with Crippen LogP contribution in [0.3, 0.4) is 0 Å². The summed E-state index contributed by atoms with van der Waals surface area (Å²) in [7, 11) is 0. The summed E-state index contributed by atoms with van der Waals surface area (Å²) in [5, 5.41) is 21.5. The molecule has 5 rings (SSSR count). The molecule has 3 aliphatic heterocycles. The molecule has 0 aromatic carbocycles. The molecule has 9 atom stereocenters. The molecular weight excluding hydrogens is 492 g/mol. The van der Waals surface area contributed by atoms with Crippen LogP contribution in [-0.4, -0.2) is 84.2 Å². The Morgan fingerprint density at radius 2 is 1.82 bits per heavy atom. The SMILES string of the molecule is CC1=C[C@@H]2O[C@H]3[C@@H](O)[C@H]4OC(=O)/C=C\C=C\[C@H]([C@H](C)O)OCC/C(C)=C/C(=O)OC[C@]2(CC1)[C@@]4(C)[C@]31CO1. The molecule has 0 aromatic rings. The Balaban J connectivity index is 1.54. The van der Waals surface area contributed by atoms with Crippen molar-refractivity contribution in [2.24, 2.45) is 10.8 Å². The van der Waals surface area contributed by atoms with Crippen LogP contribution in [0.1, 0.15) is 47.0 Å². The summed E-state index contributed by atoms with van der Waals surface area (Å²) < 4.78 is 30.1. The second-order valence-electron chi connectivity index (χ2n) is 11.5. The Bertz CT molecular complexity index is 1080. The molecule has 0 aromatic heterocycles. The van der Waals surface area contributed by atoms with Gasteiger partial charge in [-0.2, -0.15) is 0 Å². The minimum atomic E-state index is -1.11. The maximum atomic E-state index is 13.0. The lowest BCUT2D eigenvalue weighted by molar-refractivity contribution is -0.232. The maximum Gasteiger partial charge on any atom is 0.331 e. The van der Waals surface area contributed by atoms with Crippen molar-refractivity contribution in [1.29, 1.82) is 0 Å². The number of epoxide rings is 1. The molecular formula is C29H38O9. The topological polar surface area (TPSA) is 124 Å². The number of rotatable bonds is 1. The first-order chi connectivity index (χ1) is 18.0. The van der Waals surface area contributed by atoms with Crippen LogP contribution in [0.2, 0.25) is 0 Å². The third-order valence-electron chi connectivity index (χ3n) is 9.26. The lowest BCUT2D eigenvalue weighted by atomic mass is 9.51. The number of carbonyl (C=O) groups excluding carboxylic acids is 2. The predicted octanol–water partition coefficient (Wildman–Crippen LogP) is 2.31. The molecule has 5 aliphatic rings. The van der Waals surface area contributed by atoms with Crippen molar-refractivity contribution in [3.8, 4) is 0 Å². The van der Waals surface area contributed by atoms with E-state index >= 15 is 0 Å². The Labute approximate surface area is 223 Å². The molecule has 2 bridgehead atoms. The molecule has 0 unspecified atom stereocenters. The Morgan fingerprint density at radius 1 is 1.05 bits per heavy atom. The normalized spacial score (nSPS) is 47.3. The van der Waals surface area contributed by atoms with Crippen LogP contribution >= 0.6 is 0 Å². The Morgan fingerprint density at radius 3 is 2.53 bits per heavy atom. The highest BCUT2D eigenvalue weighted by Crippen LogP contribution is 2.72. The zero-order valence-electron chi connectivity index (χ0n) is 22.4. The molecule has 2 N–H and O–H groups in total. The first-order valence-electron chi connectivity index (χ1n) is 13.4. The third kappa shape index (κ3) is 4.29. The van der Waals surface area contributed by atoms with Crippen molar-refractivity contribution < 1.29 is 43.5 Å². The molecule has 208 valence electrons. The quantitative estimate of drug-likeness (QED) is 0.299. The molecule has 1 saturated carbocycles. The summed E-state index contributed by atoms with van der Waals surface area (Å²) in [6, 6.07) is 0. The van der Waals surface area contributed by atoms with E-state index in [-0.39, 0.29) is 6.61 Å². The van der Waals surface area contributed by atoms with E-state index in [4.69, 9.17) is 23.7 Å². The Hall–Kier alpha value is -2.30. The highest BCUT2D eigenvalue weighted by Gasteiger charge is 2.85. The molecule has 0 amide bonds. The maximum absolute atomic E-state index is 13.0. The predicted molar refractivity (Wildman–Crippen MR) is 136 cm³/mol. The van der Waals surface area contributed by atoms with Crippen molar-refractivity contribution in [3.05, 3.63) is 47.6 Å². The molecule has 0 radical (unpaired) electrons. The van der Waals surface area contributed by atoms with E-state index in [0.717, 1.165) is 17.6 Å². The molecule has 9 nitrogen and oxygen atoms in total. The number of aliphatic hydroxyl groups excluding tert-OH is 2. The first-order valence-corrected chi connectivity index (χ1v) is 13.4. The number of cyclic esters (lactones) is 1. The van der Waals surface area contributed by atoms with Crippen molar-refractivity contribution in [2.45, 2.75) is 89.2 Å². The summed E-state index contributed by atoms with van der Waals surface area (Å²) in [6.45, 7) is 8.14. The van der Waals surface area contributed by atoms with Gasteiger partial charge in [0.25, 0.3) is 0 Å². The number of esters is 2. The average Bonchev–Trinajstić information content (AvgIpc) is 3.64. The van der Waals surface area contributed by atoms with Crippen molar-refractivity contribution in [1.82, 2.24) is 0 Å². The number of hydrogen-bond donors (Lipinski definition) is 2. The van der Waals surface area contributed by atoms with Gasteiger partial charge < -0.3 is 33.9 Å². The molecule has 2 spiro atoms. The minimum absolute atomic E-state index is 0.0261. The van der Waals surface area contributed by atoms with Gasteiger partial charge in [0.2, 0.25) is 0 Å². The number of aliphatic hydroxyl groups is 2. The van der Waals surface area contributed by atoms with Crippen LogP contribution in [0, 0.1) is 10.8 Å². The standard InChI is InChI=1S/C29H38O9/c1-17-9-11-28-15-35-23(32)14-18(2)10-12-34-20(19(3)30)7-5-6-8-22(31)38-25-24(33)26(37-21(28)13-17)29(16-36-29)27(25,28)4/h5-8,13-14,19-21,24-26,30,33H,9-12,15-16H2,1-4H3/b7-5+,8-6-,18-14+/t19-,20+,21-,24-,25+,26-,27-,28-,29-/m0/s1. The lowest BCUT2D eigenvalue weighted by Gasteiger charge is -2.58. The molecule has 3 fully saturated rings. The highest BCUT2D eigenvalue weighted by molar-refractivity contribution is 5.83. The van der Waals surface area contributed by atoms with E-state index in [1.165, 1.54) is 18.2 Å². The van der Waals surface area contributed by atoms with Crippen LogP contribution in [0.4, 0.5) is 0 Å². The second-order valence-corrected chi connectivity index (χ2v) is 11.5. The molecule has 9 heteroatoms. The molecule has 2 saturated heterocycles. The van der Waals surface area contributed by atoms with Gasteiger partial charge in [-0.15, -0.1) is 0 Å². The summed E-state index contributed by atoms with van der Waals surface area (Å²) in [5.74, 6) is -1.11. The highest BCUT2D eigenvalue weighted by atomic mass is 16.7. The number of hydrogen-bond acceptors (Lipinski definition) is 9. The van der Waals surface area contributed by atoms with Gasteiger partial charge in [0.15, 0.2) is 0 Å². The van der Waals surface area contributed by atoms with Gasteiger partial charge in [0.05, 0.1) is 30.8 Å². The van der Waals surface area contributed by atoms with E-state index < -0.39 is 65.0 Å². The fraction of sp³-hybridized carbons (Fsp3) is 0.655. The monoisotopic (exact) mass is 530 g/mol. The van der Waals surface area contributed by atoms with Crippen LogP contribution in [0.5, 0.6) is 0 Å². The molecule has 38 heavy (non-hydrogen) atoms. The van der Waals surface area contributed by atoms with Crippen LogP contribution < -0.4 is 0 Å². The molecule has 2 aliphatic carbocycles. The van der Waals surface area contributed by atoms with Gasteiger partial charge >= 0.3 is 11.9 Å². The lowest BCUT2D eigenvalue weighted by Crippen LogP contribution is -2.66. The summed E-state index contributed by atoms with van der Waals surface area (Å²) >= 11 is 0. The van der Waals surface area contributed by atoms with Crippen molar-refractivity contribution >= 4 is 11.9 Å². The van der Waals surface area contributed by atoms with Gasteiger partial charge in [0, 0.05) is 17.6 Å². The first kappa shape index (κ1) is 27.3. The summed E-state index contributed by atoms with van der Waals surface area (Å²) in [4.78, 5) is 25.9. The van der Waals surface area contributed by atoms with E-state index in [9.17, 15) is 19.8 Å².